The Morgan fingerprint density at radius 1 is 1.12 bits per heavy atom. The zero-order valence-corrected chi connectivity index (χ0v) is 16.6. The van der Waals surface area contributed by atoms with Crippen LogP contribution in [0.2, 0.25) is 0 Å². The Morgan fingerprint density at radius 3 is 2.62 bits per heavy atom. The van der Waals surface area contributed by atoms with Crippen LogP contribution in [0.5, 0.6) is 11.5 Å². The molecule has 134 valence electrons. The van der Waals surface area contributed by atoms with Crippen LogP contribution in [0.1, 0.15) is 11.1 Å². The maximum atomic E-state index is 12.7. The highest BCUT2D eigenvalue weighted by Crippen LogP contribution is 2.36. The molecule has 2 aromatic carbocycles. The molecule has 0 saturated carbocycles. The molecular weight excluding hydrogens is 418 g/mol. The number of halogens is 1. The van der Waals surface area contributed by atoms with Crippen molar-refractivity contribution in [2.75, 3.05) is 14.2 Å². The van der Waals surface area contributed by atoms with Gasteiger partial charge < -0.3 is 9.47 Å². The van der Waals surface area contributed by atoms with E-state index in [4.69, 9.17) is 9.47 Å². The largest absolute Gasteiger partial charge is 0.497 e. The number of methoxy groups -OCH3 is 2. The number of nitrogens with zero attached hydrogens (tertiary/aromatic N) is 1. The number of benzene rings is 2. The van der Waals surface area contributed by atoms with Crippen molar-refractivity contribution in [1.82, 2.24) is 4.90 Å². The Kier molecular flexibility index (Phi) is 5.68. The molecule has 0 bridgehead atoms. The van der Waals surface area contributed by atoms with E-state index in [0.29, 0.717) is 22.0 Å². The molecule has 5 nitrogen and oxygen atoms in total. The zero-order chi connectivity index (χ0) is 18.7. The van der Waals surface area contributed by atoms with Crippen molar-refractivity contribution in [3.05, 3.63) is 63.0 Å². The second-order valence-electron chi connectivity index (χ2n) is 5.51. The molecule has 7 heteroatoms. The van der Waals surface area contributed by atoms with Crippen LogP contribution in [0, 0.1) is 0 Å². The van der Waals surface area contributed by atoms with Gasteiger partial charge in [0.1, 0.15) is 11.5 Å². The number of imide groups is 1. The summed E-state index contributed by atoms with van der Waals surface area (Å²) in [5, 5.41) is -0.289. The van der Waals surface area contributed by atoms with Crippen LogP contribution >= 0.6 is 27.7 Å². The summed E-state index contributed by atoms with van der Waals surface area (Å²) in [6.45, 7) is 0.233. The summed E-state index contributed by atoms with van der Waals surface area (Å²) < 4.78 is 11.4. The Morgan fingerprint density at radius 2 is 1.92 bits per heavy atom. The zero-order valence-electron chi connectivity index (χ0n) is 14.2. The van der Waals surface area contributed by atoms with Gasteiger partial charge >= 0.3 is 0 Å². The van der Waals surface area contributed by atoms with Gasteiger partial charge in [-0.05, 0) is 53.7 Å². The monoisotopic (exact) mass is 433 g/mol. The third-order valence-electron chi connectivity index (χ3n) is 3.83. The summed E-state index contributed by atoms with van der Waals surface area (Å²) in [5.74, 6) is 0.930. The first kappa shape index (κ1) is 18.5. The molecular formula is C19H16BrNO4S. The fraction of sp³-hybridized carbons (Fsp3) is 0.158. The molecule has 0 aromatic heterocycles. The van der Waals surface area contributed by atoms with Crippen molar-refractivity contribution in [3.8, 4) is 11.5 Å². The van der Waals surface area contributed by atoms with Crippen LogP contribution in [-0.4, -0.2) is 30.3 Å². The Bertz CT molecular complexity index is 897. The molecule has 0 radical (unpaired) electrons. The topological polar surface area (TPSA) is 55.8 Å². The molecule has 1 heterocycles. The Balaban J connectivity index is 1.88. The fourth-order valence-corrected chi connectivity index (χ4v) is 3.82. The number of carbonyl (C=O) groups is 2. The first-order valence-electron chi connectivity index (χ1n) is 7.73. The predicted octanol–water partition coefficient (Wildman–Crippen LogP) is 4.70. The van der Waals surface area contributed by atoms with Crippen LogP contribution < -0.4 is 9.47 Å². The van der Waals surface area contributed by atoms with Gasteiger partial charge in [-0.15, -0.1) is 0 Å². The molecule has 2 amide bonds. The highest BCUT2D eigenvalue weighted by Gasteiger charge is 2.35. The van der Waals surface area contributed by atoms with Crippen molar-refractivity contribution in [1.29, 1.82) is 0 Å². The normalized spacial score (nSPS) is 15.7. The molecule has 0 atom stereocenters. The fourth-order valence-electron chi connectivity index (χ4n) is 2.55. The van der Waals surface area contributed by atoms with Gasteiger partial charge in [0.2, 0.25) is 0 Å². The number of carbonyl (C=O) groups excluding carboxylic acids is 2. The lowest BCUT2D eigenvalue weighted by Crippen LogP contribution is -2.27. The van der Waals surface area contributed by atoms with Crippen LogP contribution in [0.4, 0.5) is 4.79 Å². The maximum absolute atomic E-state index is 12.7. The number of rotatable bonds is 5. The minimum atomic E-state index is -0.315. The van der Waals surface area contributed by atoms with Gasteiger partial charge in [0.15, 0.2) is 0 Å². The summed E-state index contributed by atoms with van der Waals surface area (Å²) in [6.07, 6.45) is 1.66. The predicted molar refractivity (Wildman–Crippen MR) is 105 cm³/mol. The van der Waals surface area contributed by atoms with E-state index in [-0.39, 0.29) is 17.7 Å². The van der Waals surface area contributed by atoms with Crippen molar-refractivity contribution in [2.24, 2.45) is 0 Å². The van der Waals surface area contributed by atoms with Gasteiger partial charge in [-0.3, -0.25) is 14.5 Å². The highest BCUT2D eigenvalue weighted by atomic mass is 79.9. The SMILES string of the molecule is COc1ccc(OC)c(/C=C2/SC(=O)N(Cc3cccc(Br)c3)C2=O)c1. The molecule has 1 aliphatic rings. The number of ether oxygens (including phenoxy) is 2. The third-order valence-corrected chi connectivity index (χ3v) is 5.23. The maximum Gasteiger partial charge on any atom is 0.293 e. The van der Waals surface area contributed by atoms with Gasteiger partial charge in [-0.25, -0.2) is 0 Å². The molecule has 0 unspecified atom stereocenters. The second-order valence-corrected chi connectivity index (χ2v) is 7.41. The first-order chi connectivity index (χ1) is 12.5. The molecule has 26 heavy (non-hydrogen) atoms. The second kappa shape index (κ2) is 7.97. The van der Waals surface area contributed by atoms with E-state index in [1.165, 1.54) is 4.90 Å². The summed E-state index contributed by atoms with van der Waals surface area (Å²) in [4.78, 5) is 26.6. The van der Waals surface area contributed by atoms with Crippen LogP contribution in [0.15, 0.2) is 51.8 Å². The van der Waals surface area contributed by atoms with Gasteiger partial charge in [0.05, 0.1) is 25.7 Å². The number of hydrogen-bond acceptors (Lipinski definition) is 5. The average Bonchev–Trinajstić information content (AvgIpc) is 2.89. The summed E-state index contributed by atoms with van der Waals surface area (Å²) in [7, 11) is 3.12. The quantitative estimate of drug-likeness (QED) is 0.639. The molecule has 1 fully saturated rings. The van der Waals surface area contributed by atoms with Gasteiger partial charge in [0, 0.05) is 10.0 Å². The molecule has 0 spiro atoms. The van der Waals surface area contributed by atoms with Gasteiger partial charge in [-0.2, -0.15) is 0 Å². The standard InChI is InChI=1S/C19H16BrNO4S/c1-24-15-6-7-16(25-2)13(9-15)10-17-18(22)21(19(23)26-17)11-12-4-3-5-14(20)8-12/h3-10H,11H2,1-2H3/b17-10+. The molecule has 1 aliphatic heterocycles. The highest BCUT2D eigenvalue weighted by molar-refractivity contribution is 9.10. The van der Waals surface area contributed by atoms with Crippen LogP contribution in [-0.2, 0) is 11.3 Å². The van der Waals surface area contributed by atoms with Crippen molar-refractivity contribution >= 4 is 44.9 Å². The lowest BCUT2D eigenvalue weighted by molar-refractivity contribution is -0.123. The Labute approximate surface area is 164 Å². The molecule has 1 saturated heterocycles. The smallest absolute Gasteiger partial charge is 0.293 e. The first-order valence-corrected chi connectivity index (χ1v) is 9.34. The Hall–Kier alpha value is -2.25. The van der Waals surface area contributed by atoms with Crippen LogP contribution in [0.3, 0.4) is 0 Å². The van der Waals surface area contributed by atoms with Gasteiger partial charge in [0.25, 0.3) is 11.1 Å². The molecule has 2 aromatic rings. The molecule has 0 N–H and O–H groups in total. The molecule has 3 rings (SSSR count). The van der Waals surface area contributed by atoms with Crippen LogP contribution in [0.25, 0.3) is 6.08 Å². The van der Waals surface area contributed by atoms with Crippen molar-refractivity contribution < 1.29 is 19.1 Å². The van der Waals surface area contributed by atoms with E-state index in [2.05, 4.69) is 15.9 Å². The minimum Gasteiger partial charge on any atom is -0.497 e. The van der Waals surface area contributed by atoms with Crippen molar-refractivity contribution in [2.45, 2.75) is 6.54 Å². The van der Waals surface area contributed by atoms with Crippen molar-refractivity contribution in [3.63, 3.8) is 0 Å². The summed E-state index contributed by atoms with van der Waals surface area (Å²) in [6, 6.07) is 12.8. The number of amides is 2. The summed E-state index contributed by atoms with van der Waals surface area (Å²) >= 11 is 4.32. The van der Waals surface area contributed by atoms with E-state index >= 15 is 0 Å². The van der Waals surface area contributed by atoms with E-state index in [0.717, 1.165) is 21.8 Å². The average molecular weight is 434 g/mol. The van der Waals surface area contributed by atoms with E-state index in [1.54, 1.807) is 38.5 Å². The van der Waals surface area contributed by atoms with E-state index < -0.39 is 0 Å². The third kappa shape index (κ3) is 3.94. The molecule has 0 aliphatic carbocycles. The number of thioether (sulfide) groups is 1. The number of hydrogen-bond donors (Lipinski definition) is 0. The summed E-state index contributed by atoms with van der Waals surface area (Å²) in [5.41, 5.74) is 1.56. The minimum absolute atomic E-state index is 0.233. The lowest BCUT2D eigenvalue weighted by Gasteiger charge is -2.12. The van der Waals surface area contributed by atoms with Gasteiger partial charge in [-0.1, -0.05) is 28.1 Å². The van der Waals surface area contributed by atoms with E-state index in [9.17, 15) is 9.59 Å². The lowest BCUT2D eigenvalue weighted by atomic mass is 10.1. The van der Waals surface area contributed by atoms with E-state index in [1.807, 2.05) is 24.3 Å².